The van der Waals surface area contributed by atoms with Crippen molar-refractivity contribution in [2.24, 2.45) is 5.73 Å². The maximum atomic E-state index is 5.85. The summed E-state index contributed by atoms with van der Waals surface area (Å²) in [5.74, 6) is 1.46. The van der Waals surface area contributed by atoms with Gasteiger partial charge in [0.05, 0.1) is 7.11 Å². The summed E-state index contributed by atoms with van der Waals surface area (Å²) >= 11 is 0. The summed E-state index contributed by atoms with van der Waals surface area (Å²) in [4.78, 5) is 0. The predicted octanol–water partition coefficient (Wildman–Crippen LogP) is 3.30. The Balaban J connectivity index is 2.08. The molecule has 0 unspecified atom stereocenters. The van der Waals surface area contributed by atoms with Gasteiger partial charge in [-0.3, -0.25) is 0 Å². The van der Waals surface area contributed by atoms with Crippen LogP contribution in [-0.2, 0) is 19.6 Å². The first-order valence-electron chi connectivity index (χ1n) is 6.84. The van der Waals surface area contributed by atoms with Gasteiger partial charge >= 0.3 is 0 Å². The summed E-state index contributed by atoms with van der Waals surface area (Å²) < 4.78 is 11.2. The van der Waals surface area contributed by atoms with E-state index in [1.54, 1.807) is 7.11 Å². The number of aryl methyl sites for hydroxylation is 1. The minimum absolute atomic E-state index is 0.492. The second-order valence-electron chi connectivity index (χ2n) is 4.65. The molecular weight excluding hydrogens is 250 g/mol. The quantitative estimate of drug-likeness (QED) is 0.876. The highest BCUT2D eigenvalue weighted by Gasteiger charge is 2.05. The molecule has 0 bridgehead atoms. The zero-order valence-electron chi connectivity index (χ0n) is 12.1. The molecular formula is C17H21NO2. The number of nitrogens with two attached hydrogens (primary N) is 1. The van der Waals surface area contributed by atoms with E-state index in [1.807, 2.05) is 18.2 Å². The van der Waals surface area contributed by atoms with Crippen molar-refractivity contribution in [2.75, 3.05) is 7.11 Å². The van der Waals surface area contributed by atoms with Gasteiger partial charge in [0, 0.05) is 6.54 Å². The van der Waals surface area contributed by atoms with Gasteiger partial charge in [-0.15, -0.1) is 0 Å². The van der Waals surface area contributed by atoms with E-state index in [2.05, 4.69) is 31.2 Å². The van der Waals surface area contributed by atoms with Gasteiger partial charge in [-0.1, -0.05) is 37.3 Å². The van der Waals surface area contributed by atoms with E-state index in [0.717, 1.165) is 29.0 Å². The maximum Gasteiger partial charge on any atom is 0.161 e. The van der Waals surface area contributed by atoms with Crippen molar-refractivity contribution < 1.29 is 9.47 Å². The third kappa shape index (κ3) is 3.52. The molecule has 2 rings (SSSR count). The predicted molar refractivity (Wildman–Crippen MR) is 81.0 cm³/mol. The minimum Gasteiger partial charge on any atom is -0.493 e. The average Bonchev–Trinajstić information content (AvgIpc) is 2.53. The third-order valence-electron chi connectivity index (χ3n) is 3.29. The highest BCUT2D eigenvalue weighted by atomic mass is 16.5. The standard InChI is InChI=1S/C17H21NO2/c1-3-13-4-6-14(7-5-13)12-20-17-10-15(11-18)8-9-16(17)19-2/h4-10H,3,11-12,18H2,1-2H3. The molecule has 0 heterocycles. The van der Waals surface area contributed by atoms with Crippen LogP contribution in [0.4, 0.5) is 0 Å². The Labute approximate surface area is 120 Å². The zero-order chi connectivity index (χ0) is 14.4. The molecule has 106 valence electrons. The molecule has 0 saturated carbocycles. The highest BCUT2D eigenvalue weighted by molar-refractivity contribution is 5.43. The van der Waals surface area contributed by atoms with Gasteiger partial charge in [0.15, 0.2) is 11.5 Å². The van der Waals surface area contributed by atoms with Gasteiger partial charge in [-0.2, -0.15) is 0 Å². The molecule has 0 saturated heterocycles. The second-order valence-corrected chi connectivity index (χ2v) is 4.65. The Kier molecular flexibility index (Phi) is 5.02. The van der Waals surface area contributed by atoms with Crippen molar-refractivity contribution in [3.63, 3.8) is 0 Å². The smallest absolute Gasteiger partial charge is 0.161 e. The van der Waals surface area contributed by atoms with Crippen LogP contribution in [0.2, 0.25) is 0 Å². The van der Waals surface area contributed by atoms with E-state index in [-0.39, 0.29) is 0 Å². The first kappa shape index (κ1) is 14.4. The van der Waals surface area contributed by atoms with Crippen LogP contribution in [0, 0.1) is 0 Å². The molecule has 0 amide bonds. The lowest BCUT2D eigenvalue weighted by atomic mass is 10.1. The normalized spacial score (nSPS) is 10.3. The monoisotopic (exact) mass is 271 g/mol. The van der Waals surface area contributed by atoms with Gasteiger partial charge < -0.3 is 15.2 Å². The van der Waals surface area contributed by atoms with Crippen molar-refractivity contribution in [1.82, 2.24) is 0 Å². The molecule has 2 aromatic carbocycles. The van der Waals surface area contributed by atoms with Crippen LogP contribution in [-0.4, -0.2) is 7.11 Å². The molecule has 2 N–H and O–H groups in total. The molecule has 0 aliphatic carbocycles. The lowest BCUT2D eigenvalue weighted by molar-refractivity contribution is 0.284. The average molecular weight is 271 g/mol. The van der Waals surface area contributed by atoms with E-state index >= 15 is 0 Å². The van der Waals surface area contributed by atoms with Crippen molar-refractivity contribution in [2.45, 2.75) is 26.5 Å². The first-order valence-corrected chi connectivity index (χ1v) is 6.84. The molecule has 0 aliphatic heterocycles. The number of rotatable bonds is 6. The summed E-state index contributed by atoms with van der Waals surface area (Å²) in [6.45, 7) is 3.16. The van der Waals surface area contributed by atoms with E-state index in [0.29, 0.717) is 13.2 Å². The van der Waals surface area contributed by atoms with Gasteiger partial charge in [0.1, 0.15) is 6.61 Å². The van der Waals surface area contributed by atoms with Crippen LogP contribution >= 0.6 is 0 Å². The molecule has 0 atom stereocenters. The first-order chi connectivity index (χ1) is 9.76. The molecule has 3 nitrogen and oxygen atoms in total. The minimum atomic E-state index is 0.492. The third-order valence-corrected chi connectivity index (χ3v) is 3.29. The fourth-order valence-electron chi connectivity index (χ4n) is 1.99. The number of benzene rings is 2. The summed E-state index contributed by atoms with van der Waals surface area (Å²) in [5, 5.41) is 0. The topological polar surface area (TPSA) is 44.5 Å². The van der Waals surface area contributed by atoms with Gasteiger partial charge in [-0.25, -0.2) is 0 Å². The van der Waals surface area contributed by atoms with Crippen LogP contribution in [0.25, 0.3) is 0 Å². The fraction of sp³-hybridized carbons (Fsp3) is 0.294. The van der Waals surface area contributed by atoms with Crippen LogP contribution in [0.3, 0.4) is 0 Å². The highest BCUT2D eigenvalue weighted by Crippen LogP contribution is 2.28. The molecule has 3 heteroatoms. The van der Waals surface area contributed by atoms with Gasteiger partial charge in [-0.05, 0) is 35.2 Å². The summed E-state index contributed by atoms with van der Waals surface area (Å²) in [5.41, 5.74) is 9.15. The van der Waals surface area contributed by atoms with E-state index in [4.69, 9.17) is 15.2 Å². The Bertz CT molecular complexity index is 549. The SMILES string of the molecule is CCc1ccc(COc2cc(CN)ccc2OC)cc1. The Morgan fingerprint density at radius 3 is 2.15 bits per heavy atom. The lowest BCUT2D eigenvalue weighted by Crippen LogP contribution is -2.01. The lowest BCUT2D eigenvalue weighted by Gasteiger charge is -2.12. The van der Waals surface area contributed by atoms with Crippen molar-refractivity contribution in [3.8, 4) is 11.5 Å². The fourth-order valence-corrected chi connectivity index (χ4v) is 1.99. The van der Waals surface area contributed by atoms with Crippen LogP contribution in [0.15, 0.2) is 42.5 Å². The Morgan fingerprint density at radius 1 is 0.900 bits per heavy atom. The molecule has 0 radical (unpaired) electrons. The number of hydrogen-bond acceptors (Lipinski definition) is 3. The van der Waals surface area contributed by atoms with E-state index < -0.39 is 0 Å². The van der Waals surface area contributed by atoms with Gasteiger partial charge in [0.2, 0.25) is 0 Å². The molecule has 20 heavy (non-hydrogen) atoms. The largest absolute Gasteiger partial charge is 0.493 e. The molecule has 0 aliphatic rings. The molecule has 0 aromatic heterocycles. The van der Waals surface area contributed by atoms with Crippen LogP contribution < -0.4 is 15.2 Å². The Morgan fingerprint density at radius 2 is 1.55 bits per heavy atom. The molecule has 0 fully saturated rings. The van der Waals surface area contributed by atoms with Crippen molar-refractivity contribution in [3.05, 3.63) is 59.2 Å². The van der Waals surface area contributed by atoms with Crippen LogP contribution in [0.5, 0.6) is 11.5 Å². The number of ether oxygens (including phenoxy) is 2. The molecule has 0 spiro atoms. The summed E-state index contributed by atoms with van der Waals surface area (Å²) in [6.07, 6.45) is 1.05. The van der Waals surface area contributed by atoms with Crippen molar-refractivity contribution in [1.29, 1.82) is 0 Å². The van der Waals surface area contributed by atoms with E-state index in [9.17, 15) is 0 Å². The Hall–Kier alpha value is -2.00. The number of methoxy groups -OCH3 is 1. The van der Waals surface area contributed by atoms with Gasteiger partial charge in [0.25, 0.3) is 0 Å². The maximum absolute atomic E-state index is 5.85. The summed E-state index contributed by atoms with van der Waals surface area (Å²) in [7, 11) is 1.64. The number of hydrogen-bond donors (Lipinski definition) is 1. The zero-order valence-corrected chi connectivity index (χ0v) is 12.1. The summed E-state index contributed by atoms with van der Waals surface area (Å²) in [6, 6.07) is 14.2. The van der Waals surface area contributed by atoms with Crippen LogP contribution in [0.1, 0.15) is 23.6 Å². The second kappa shape index (κ2) is 6.96. The van der Waals surface area contributed by atoms with Crippen molar-refractivity contribution >= 4 is 0 Å². The van der Waals surface area contributed by atoms with E-state index in [1.165, 1.54) is 5.56 Å². The molecule has 2 aromatic rings.